The molecule has 11 heavy (non-hydrogen) atoms. The molecule has 1 aliphatic heterocycles. The van der Waals surface area contributed by atoms with E-state index in [1.165, 1.54) is 0 Å². The van der Waals surface area contributed by atoms with Gasteiger partial charge in [0.15, 0.2) is 0 Å². The Labute approximate surface area is 66.5 Å². The van der Waals surface area contributed by atoms with E-state index in [2.05, 4.69) is 10.3 Å². The predicted octanol–water partition coefficient (Wildman–Crippen LogP) is -0.912. The number of rotatable bonds is 3. The van der Waals surface area contributed by atoms with E-state index in [0.717, 1.165) is 25.2 Å². The van der Waals surface area contributed by atoms with Gasteiger partial charge in [0.25, 0.3) is 0 Å². The number of hydrogen-bond donors (Lipinski definition) is 3. The quantitative estimate of drug-likeness (QED) is 0.496. The van der Waals surface area contributed by atoms with Crippen LogP contribution in [-0.2, 0) is 0 Å². The fraction of sp³-hybridized carbons (Fsp3) is 0.857. The van der Waals surface area contributed by atoms with Crippen LogP contribution in [0.2, 0.25) is 0 Å². The molecule has 1 rings (SSSR count). The van der Waals surface area contributed by atoms with Crippen molar-refractivity contribution in [3.8, 4) is 0 Å². The molecule has 0 aromatic heterocycles. The van der Waals surface area contributed by atoms with Gasteiger partial charge < -0.3 is 16.2 Å². The maximum absolute atomic E-state index is 8.60. The summed E-state index contributed by atoms with van der Waals surface area (Å²) in [4.78, 5) is 4.21. The molecular weight excluding hydrogens is 142 g/mol. The lowest BCUT2D eigenvalue weighted by atomic mass is 10.3. The molecule has 0 fully saturated rings. The molecule has 1 aliphatic rings. The molecule has 1 unspecified atom stereocenters. The summed E-state index contributed by atoms with van der Waals surface area (Å²) in [5.41, 5.74) is 5.48. The second-order valence-corrected chi connectivity index (χ2v) is 2.76. The number of aliphatic imine (C=N–C) groups is 1. The van der Waals surface area contributed by atoms with Gasteiger partial charge in [0.05, 0.1) is 12.4 Å². The van der Waals surface area contributed by atoms with Gasteiger partial charge >= 0.3 is 0 Å². The number of aliphatic hydroxyl groups excluding tert-OH is 1. The molecule has 0 radical (unpaired) electrons. The van der Waals surface area contributed by atoms with E-state index in [0.29, 0.717) is 6.54 Å². The van der Waals surface area contributed by atoms with Crippen LogP contribution in [0.4, 0.5) is 0 Å². The highest BCUT2D eigenvalue weighted by Gasteiger charge is 2.06. The van der Waals surface area contributed by atoms with E-state index < -0.39 is 0 Å². The molecule has 0 aromatic rings. The number of aliphatic hydroxyl groups is 1. The number of nitrogens with two attached hydrogens (primary N) is 1. The van der Waals surface area contributed by atoms with Crippen LogP contribution in [0.3, 0.4) is 0 Å². The molecule has 0 saturated carbocycles. The van der Waals surface area contributed by atoms with E-state index in [-0.39, 0.29) is 12.6 Å². The van der Waals surface area contributed by atoms with Crippen LogP contribution in [-0.4, -0.2) is 36.7 Å². The first-order chi connectivity index (χ1) is 5.33. The molecule has 0 aromatic carbocycles. The van der Waals surface area contributed by atoms with Gasteiger partial charge in [0.1, 0.15) is 0 Å². The van der Waals surface area contributed by atoms with Crippen molar-refractivity contribution in [2.45, 2.75) is 18.9 Å². The SMILES string of the molecule is NC(CO)CNC1=NCCC1. The first kappa shape index (κ1) is 8.49. The summed E-state index contributed by atoms with van der Waals surface area (Å²) in [6.45, 7) is 1.58. The van der Waals surface area contributed by atoms with Gasteiger partial charge in [-0.15, -0.1) is 0 Å². The fourth-order valence-electron chi connectivity index (χ4n) is 0.997. The van der Waals surface area contributed by atoms with Gasteiger partial charge in [0, 0.05) is 25.6 Å². The van der Waals surface area contributed by atoms with E-state index in [1.807, 2.05) is 0 Å². The molecule has 0 saturated heterocycles. The zero-order chi connectivity index (χ0) is 8.10. The van der Waals surface area contributed by atoms with Crippen molar-refractivity contribution >= 4 is 5.84 Å². The summed E-state index contributed by atoms with van der Waals surface area (Å²) >= 11 is 0. The number of nitrogens with zero attached hydrogens (tertiary/aromatic N) is 1. The van der Waals surface area contributed by atoms with Crippen molar-refractivity contribution in [3.63, 3.8) is 0 Å². The zero-order valence-corrected chi connectivity index (χ0v) is 6.58. The Bertz CT molecular complexity index is 147. The van der Waals surface area contributed by atoms with Crippen LogP contribution in [0.5, 0.6) is 0 Å². The lowest BCUT2D eigenvalue weighted by molar-refractivity contribution is 0.266. The van der Waals surface area contributed by atoms with Gasteiger partial charge in [-0.2, -0.15) is 0 Å². The maximum atomic E-state index is 8.60. The van der Waals surface area contributed by atoms with Crippen LogP contribution in [0.15, 0.2) is 4.99 Å². The van der Waals surface area contributed by atoms with Crippen molar-refractivity contribution in [2.24, 2.45) is 10.7 Å². The summed E-state index contributed by atoms with van der Waals surface area (Å²) in [6.07, 6.45) is 2.16. The summed E-state index contributed by atoms with van der Waals surface area (Å²) in [5, 5.41) is 11.7. The van der Waals surface area contributed by atoms with Crippen LogP contribution in [0.25, 0.3) is 0 Å². The molecule has 0 amide bonds. The minimum Gasteiger partial charge on any atom is -0.395 e. The third kappa shape index (κ3) is 2.86. The second kappa shape index (κ2) is 4.31. The Morgan fingerprint density at radius 1 is 1.73 bits per heavy atom. The van der Waals surface area contributed by atoms with Crippen LogP contribution in [0, 0.1) is 0 Å². The molecule has 0 aliphatic carbocycles. The summed E-state index contributed by atoms with van der Waals surface area (Å²) in [7, 11) is 0. The molecule has 64 valence electrons. The van der Waals surface area contributed by atoms with Gasteiger partial charge in [0.2, 0.25) is 0 Å². The highest BCUT2D eigenvalue weighted by Crippen LogP contribution is 2.00. The van der Waals surface area contributed by atoms with E-state index in [4.69, 9.17) is 10.8 Å². The second-order valence-electron chi connectivity index (χ2n) is 2.76. The van der Waals surface area contributed by atoms with E-state index in [9.17, 15) is 0 Å². The first-order valence-electron chi connectivity index (χ1n) is 3.96. The van der Waals surface area contributed by atoms with Gasteiger partial charge in [-0.25, -0.2) is 0 Å². The molecule has 4 heteroatoms. The Morgan fingerprint density at radius 3 is 3.09 bits per heavy atom. The Hall–Kier alpha value is -0.610. The lowest BCUT2D eigenvalue weighted by Crippen LogP contribution is -2.38. The van der Waals surface area contributed by atoms with Gasteiger partial charge in [-0.3, -0.25) is 4.99 Å². The Kier molecular flexibility index (Phi) is 3.32. The number of hydrogen-bond acceptors (Lipinski definition) is 4. The van der Waals surface area contributed by atoms with Crippen LogP contribution < -0.4 is 11.1 Å². The average molecular weight is 157 g/mol. The van der Waals surface area contributed by atoms with Crippen molar-refractivity contribution in [3.05, 3.63) is 0 Å². The Morgan fingerprint density at radius 2 is 2.55 bits per heavy atom. The van der Waals surface area contributed by atoms with Crippen molar-refractivity contribution in [1.82, 2.24) is 5.32 Å². The molecule has 0 spiro atoms. The number of nitrogens with one attached hydrogen (secondary N) is 1. The summed E-state index contributed by atoms with van der Waals surface area (Å²) in [5.74, 6) is 1.04. The predicted molar refractivity (Wildman–Crippen MR) is 44.6 cm³/mol. The average Bonchev–Trinajstić information content (AvgIpc) is 2.52. The van der Waals surface area contributed by atoms with E-state index in [1.54, 1.807) is 0 Å². The first-order valence-corrected chi connectivity index (χ1v) is 3.96. The maximum Gasteiger partial charge on any atom is 0.0964 e. The minimum atomic E-state index is -0.168. The van der Waals surface area contributed by atoms with Crippen molar-refractivity contribution < 1.29 is 5.11 Å². The normalized spacial score (nSPS) is 19.6. The topological polar surface area (TPSA) is 70.6 Å². The van der Waals surface area contributed by atoms with Crippen molar-refractivity contribution in [1.29, 1.82) is 0 Å². The monoisotopic (exact) mass is 157 g/mol. The van der Waals surface area contributed by atoms with Crippen molar-refractivity contribution in [2.75, 3.05) is 19.7 Å². The molecule has 4 nitrogen and oxygen atoms in total. The highest BCUT2D eigenvalue weighted by atomic mass is 16.3. The van der Waals surface area contributed by atoms with E-state index >= 15 is 0 Å². The van der Waals surface area contributed by atoms with Gasteiger partial charge in [-0.05, 0) is 6.42 Å². The molecule has 4 N–H and O–H groups in total. The molecular formula is C7H15N3O. The minimum absolute atomic E-state index is 0.0281. The summed E-state index contributed by atoms with van der Waals surface area (Å²) in [6, 6.07) is -0.168. The third-order valence-corrected chi connectivity index (χ3v) is 1.68. The lowest BCUT2D eigenvalue weighted by Gasteiger charge is -2.09. The summed E-state index contributed by atoms with van der Waals surface area (Å²) < 4.78 is 0. The zero-order valence-electron chi connectivity index (χ0n) is 6.58. The highest BCUT2D eigenvalue weighted by molar-refractivity contribution is 5.83. The standard InChI is InChI=1S/C7H15N3O/c8-6(5-11)4-10-7-2-1-3-9-7/h6,11H,1-5,8H2,(H,9,10). The van der Waals surface area contributed by atoms with Crippen LogP contribution in [0.1, 0.15) is 12.8 Å². The smallest absolute Gasteiger partial charge is 0.0964 e. The largest absolute Gasteiger partial charge is 0.395 e. The fourth-order valence-corrected chi connectivity index (χ4v) is 0.997. The Balaban J connectivity index is 2.11. The molecule has 0 bridgehead atoms. The molecule has 1 atom stereocenters. The van der Waals surface area contributed by atoms with Gasteiger partial charge in [-0.1, -0.05) is 0 Å². The third-order valence-electron chi connectivity index (χ3n) is 1.68. The van der Waals surface area contributed by atoms with Crippen LogP contribution >= 0.6 is 0 Å². The number of amidine groups is 1. The molecule has 1 heterocycles.